The first-order chi connectivity index (χ1) is 15.2. The van der Waals surface area contributed by atoms with Gasteiger partial charge in [-0.1, -0.05) is 30.0 Å². The van der Waals surface area contributed by atoms with E-state index >= 15 is 0 Å². The van der Waals surface area contributed by atoms with E-state index in [4.69, 9.17) is 9.72 Å². The summed E-state index contributed by atoms with van der Waals surface area (Å²) in [5.74, 6) is 0.757. The lowest BCUT2D eigenvalue weighted by molar-refractivity contribution is 0.0948. The van der Waals surface area contributed by atoms with E-state index in [0.29, 0.717) is 37.2 Å². The van der Waals surface area contributed by atoms with Crippen LogP contribution < -0.4 is 10.2 Å². The fraction of sp³-hybridized carbons (Fsp3) is 0.333. The number of nitrogens with zero attached hydrogens (tertiary/aromatic N) is 5. The molecule has 10 heteroatoms. The Labute approximate surface area is 183 Å². The summed E-state index contributed by atoms with van der Waals surface area (Å²) in [4.78, 5) is 27.3. The standard InChI is InChI=1S/C21H23N7O2S/c1-31-21-25-18(27-8-10-30-11-9-27)15-13-23-28(19(15)26-21)7-6-22-20(29)17-12-14-4-2-3-5-16(14)24-17/h2-5,12-13,24H,6-11H2,1H3,(H,22,29). The summed E-state index contributed by atoms with van der Waals surface area (Å²) in [6.45, 7) is 3.93. The van der Waals surface area contributed by atoms with Gasteiger partial charge in [0.1, 0.15) is 11.5 Å². The van der Waals surface area contributed by atoms with Crippen LogP contribution in [0.15, 0.2) is 41.7 Å². The highest BCUT2D eigenvalue weighted by Crippen LogP contribution is 2.27. The zero-order valence-corrected chi connectivity index (χ0v) is 18.0. The summed E-state index contributed by atoms with van der Waals surface area (Å²) in [5.41, 5.74) is 2.27. The van der Waals surface area contributed by atoms with Gasteiger partial charge < -0.3 is 19.9 Å². The van der Waals surface area contributed by atoms with Gasteiger partial charge in [-0.05, 0) is 18.4 Å². The number of aromatic amines is 1. The van der Waals surface area contributed by atoms with Gasteiger partial charge in [0.15, 0.2) is 10.8 Å². The normalized spacial score (nSPS) is 14.4. The van der Waals surface area contributed by atoms with Crippen molar-refractivity contribution in [1.29, 1.82) is 0 Å². The smallest absolute Gasteiger partial charge is 0.267 e. The molecule has 160 valence electrons. The van der Waals surface area contributed by atoms with Crippen LogP contribution in [0.1, 0.15) is 10.5 Å². The van der Waals surface area contributed by atoms with Gasteiger partial charge in [0, 0.05) is 30.5 Å². The van der Waals surface area contributed by atoms with Crippen LogP contribution in [0.25, 0.3) is 21.9 Å². The molecule has 5 rings (SSSR count). The van der Waals surface area contributed by atoms with Gasteiger partial charge >= 0.3 is 0 Å². The number of anilines is 1. The zero-order valence-electron chi connectivity index (χ0n) is 17.2. The van der Waals surface area contributed by atoms with Gasteiger partial charge in [-0.15, -0.1) is 0 Å². The third kappa shape index (κ3) is 3.96. The van der Waals surface area contributed by atoms with Crippen LogP contribution in [0.4, 0.5) is 5.82 Å². The average Bonchev–Trinajstić information content (AvgIpc) is 3.43. The SMILES string of the molecule is CSc1nc(N2CCOCC2)c2cnn(CCNC(=O)c3cc4ccccc4[nH]3)c2n1. The minimum atomic E-state index is -0.138. The molecule has 0 aliphatic carbocycles. The fourth-order valence-corrected chi connectivity index (χ4v) is 4.11. The number of carbonyl (C=O) groups excluding carboxylic acids is 1. The number of carbonyl (C=O) groups is 1. The maximum atomic E-state index is 12.5. The van der Waals surface area contributed by atoms with Crippen molar-refractivity contribution in [2.24, 2.45) is 0 Å². The second kappa shape index (κ2) is 8.56. The molecule has 0 unspecified atom stereocenters. The topological polar surface area (TPSA) is 101 Å². The number of para-hydroxylation sites is 1. The summed E-state index contributed by atoms with van der Waals surface area (Å²) in [7, 11) is 0. The van der Waals surface area contributed by atoms with E-state index in [0.717, 1.165) is 40.8 Å². The van der Waals surface area contributed by atoms with Crippen LogP contribution in [-0.2, 0) is 11.3 Å². The van der Waals surface area contributed by atoms with Crippen LogP contribution in [0.5, 0.6) is 0 Å². The van der Waals surface area contributed by atoms with Crippen molar-refractivity contribution in [3.63, 3.8) is 0 Å². The number of hydrogen-bond acceptors (Lipinski definition) is 7. The number of benzene rings is 1. The van der Waals surface area contributed by atoms with Gasteiger partial charge in [0.25, 0.3) is 5.91 Å². The molecule has 1 aliphatic heterocycles. The van der Waals surface area contributed by atoms with Crippen LogP contribution in [0.3, 0.4) is 0 Å². The number of morpholine rings is 1. The Morgan fingerprint density at radius 1 is 1.26 bits per heavy atom. The molecular weight excluding hydrogens is 414 g/mol. The molecule has 0 saturated carbocycles. The number of rotatable bonds is 6. The predicted octanol–water partition coefficient (Wildman–Crippen LogP) is 2.30. The average molecular weight is 438 g/mol. The maximum Gasteiger partial charge on any atom is 0.267 e. The van der Waals surface area contributed by atoms with Crippen LogP contribution >= 0.6 is 11.8 Å². The van der Waals surface area contributed by atoms with Crippen molar-refractivity contribution in [3.05, 3.63) is 42.2 Å². The summed E-state index contributed by atoms with van der Waals surface area (Å²) in [6, 6.07) is 9.70. The zero-order chi connectivity index (χ0) is 21.2. The highest BCUT2D eigenvalue weighted by Gasteiger charge is 2.20. The third-order valence-corrected chi connectivity index (χ3v) is 5.88. The lowest BCUT2D eigenvalue weighted by Crippen LogP contribution is -2.37. The number of H-pyrrole nitrogens is 1. The molecule has 4 aromatic rings. The van der Waals surface area contributed by atoms with Crippen molar-refractivity contribution in [3.8, 4) is 0 Å². The third-order valence-electron chi connectivity index (χ3n) is 5.33. The van der Waals surface area contributed by atoms with E-state index < -0.39 is 0 Å². The number of aromatic nitrogens is 5. The number of thioether (sulfide) groups is 1. The molecule has 0 bridgehead atoms. The van der Waals surface area contributed by atoms with Crippen molar-refractivity contribution in [1.82, 2.24) is 30.0 Å². The number of fused-ring (bicyclic) bond motifs is 2. The lowest BCUT2D eigenvalue weighted by atomic mass is 10.2. The lowest BCUT2D eigenvalue weighted by Gasteiger charge is -2.28. The number of amides is 1. The molecule has 1 amide bonds. The molecule has 2 N–H and O–H groups in total. The molecule has 1 saturated heterocycles. The van der Waals surface area contributed by atoms with Crippen molar-refractivity contribution in [2.75, 3.05) is 44.0 Å². The Balaban J connectivity index is 1.32. The Kier molecular flexibility index (Phi) is 5.47. The van der Waals surface area contributed by atoms with Crippen LogP contribution in [-0.4, -0.2) is 69.7 Å². The molecule has 1 fully saturated rings. The Bertz CT molecular complexity index is 1200. The molecule has 0 atom stereocenters. The Morgan fingerprint density at radius 3 is 2.90 bits per heavy atom. The van der Waals surface area contributed by atoms with E-state index in [1.165, 1.54) is 11.8 Å². The molecular formula is C21H23N7O2S. The predicted molar refractivity (Wildman–Crippen MR) is 121 cm³/mol. The van der Waals surface area contributed by atoms with Gasteiger partial charge in [0.05, 0.1) is 31.3 Å². The van der Waals surface area contributed by atoms with E-state index in [1.54, 1.807) is 0 Å². The largest absolute Gasteiger partial charge is 0.378 e. The molecule has 1 aliphatic rings. The molecule has 31 heavy (non-hydrogen) atoms. The van der Waals surface area contributed by atoms with Crippen molar-refractivity contribution in [2.45, 2.75) is 11.7 Å². The van der Waals surface area contributed by atoms with Gasteiger partial charge in [-0.25, -0.2) is 14.6 Å². The summed E-state index contributed by atoms with van der Waals surface area (Å²) < 4.78 is 7.30. The number of ether oxygens (including phenoxy) is 1. The van der Waals surface area contributed by atoms with Gasteiger partial charge in [-0.2, -0.15) is 5.10 Å². The Morgan fingerprint density at radius 2 is 2.10 bits per heavy atom. The fourth-order valence-electron chi connectivity index (χ4n) is 3.76. The summed E-state index contributed by atoms with van der Waals surface area (Å²) in [6.07, 6.45) is 3.77. The minimum Gasteiger partial charge on any atom is -0.378 e. The molecule has 0 spiro atoms. The molecule has 4 heterocycles. The molecule has 3 aromatic heterocycles. The Hall–Kier alpha value is -3.11. The highest BCUT2D eigenvalue weighted by molar-refractivity contribution is 7.98. The van der Waals surface area contributed by atoms with Crippen molar-refractivity contribution >= 4 is 45.4 Å². The first-order valence-corrected chi connectivity index (χ1v) is 11.4. The van der Waals surface area contributed by atoms with E-state index in [9.17, 15) is 4.79 Å². The first kappa shape index (κ1) is 19.8. The monoisotopic (exact) mass is 437 g/mol. The van der Waals surface area contributed by atoms with E-state index in [2.05, 4.69) is 25.3 Å². The summed E-state index contributed by atoms with van der Waals surface area (Å²) >= 11 is 1.51. The molecule has 0 radical (unpaired) electrons. The first-order valence-electron chi connectivity index (χ1n) is 10.2. The van der Waals surface area contributed by atoms with E-state index in [-0.39, 0.29) is 5.91 Å². The van der Waals surface area contributed by atoms with Gasteiger partial charge in [0.2, 0.25) is 0 Å². The second-order valence-electron chi connectivity index (χ2n) is 7.26. The molecule has 9 nitrogen and oxygen atoms in total. The second-order valence-corrected chi connectivity index (χ2v) is 8.04. The number of nitrogens with one attached hydrogen (secondary N) is 2. The van der Waals surface area contributed by atoms with Gasteiger partial charge in [-0.3, -0.25) is 4.79 Å². The minimum absolute atomic E-state index is 0.138. The van der Waals surface area contributed by atoms with Crippen LogP contribution in [0.2, 0.25) is 0 Å². The number of hydrogen-bond donors (Lipinski definition) is 2. The molecule has 1 aromatic carbocycles. The van der Waals surface area contributed by atoms with Crippen molar-refractivity contribution < 1.29 is 9.53 Å². The van der Waals surface area contributed by atoms with Crippen LogP contribution in [0, 0.1) is 0 Å². The highest BCUT2D eigenvalue weighted by atomic mass is 32.2. The summed E-state index contributed by atoms with van der Waals surface area (Å²) in [5, 5.41) is 10.1. The maximum absolute atomic E-state index is 12.5. The quantitative estimate of drug-likeness (QED) is 0.353. The van der Waals surface area contributed by atoms with E-state index in [1.807, 2.05) is 47.5 Å².